The van der Waals surface area contributed by atoms with E-state index in [1.807, 2.05) is 49.1 Å². The van der Waals surface area contributed by atoms with Crippen molar-refractivity contribution < 1.29 is 24.2 Å². The molecule has 0 aliphatic carbocycles. The Hall–Kier alpha value is -2.97. The summed E-state index contributed by atoms with van der Waals surface area (Å²) >= 11 is 0. The first-order valence-electron chi connectivity index (χ1n) is 15.6. The third-order valence-electron chi connectivity index (χ3n) is 9.85. The molecule has 4 rings (SSSR count). The molecular formula is C34H49N3O5. The molecule has 0 radical (unpaired) electrons. The lowest BCUT2D eigenvalue weighted by atomic mass is 9.62. The summed E-state index contributed by atoms with van der Waals surface area (Å²) < 4.78 is 6.95. The fourth-order valence-corrected chi connectivity index (χ4v) is 7.77. The third-order valence-corrected chi connectivity index (χ3v) is 9.85. The Labute approximate surface area is 251 Å². The number of unbranched alkanes of at least 4 members (excludes halogenated alkanes) is 1. The van der Waals surface area contributed by atoms with Gasteiger partial charge in [0.2, 0.25) is 17.7 Å². The molecule has 3 fully saturated rings. The van der Waals surface area contributed by atoms with Gasteiger partial charge in [-0.05, 0) is 51.0 Å². The van der Waals surface area contributed by atoms with E-state index in [0.717, 1.165) is 18.4 Å². The van der Waals surface area contributed by atoms with Crippen molar-refractivity contribution in [2.24, 2.45) is 17.8 Å². The molecule has 230 valence electrons. The summed E-state index contributed by atoms with van der Waals surface area (Å²) in [5.74, 6) is -2.00. The maximum Gasteiger partial charge on any atom is 0.248 e. The monoisotopic (exact) mass is 579 g/mol. The largest absolute Gasteiger partial charge is 0.396 e. The molecule has 7 atom stereocenters. The van der Waals surface area contributed by atoms with E-state index in [4.69, 9.17) is 4.74 Å². The second-order valence-corrected chi connectivity index (χ2v) is 12.6. The summed E-state index contributed by atoms with van der Waals surface area (Å²) in [7, 11) is 0. The molecule has 3 amide bonds. The zero-order chi connectivity index (χ0) is 30.7. The molecule has 2 bridgehead atoms. The van der Waals surface area contributed by atoms with Crippen molar-refractivity contribution in [3.8, 4) is 0 Å². The number of benzene rings is 1. The van der Waals surface area contributed by atoms with Gasteiger partial charge in [0.15, 0.2) is 0 Å². The van der Waals surface area contributed by atoms with Crippen LogP contribution in [0.5, 0.6) is 0 Å². The van der Waals surface area contributed by atoms with Crippen LogP contribution in [-0.2, 0) is 25.7 Å². The quantitative estimate of drug-likeness (QED) is 0.249. The van der Waals surface area contributed by atoms with Crippen LogP contribution in [0.25, 0.3) is 0 Å². The molecule has 8 heteroatoms. The van der Waals surface area contributed by atoms with Crippen molar-refractivity contribution in [1.29, 1.82) is 0 Å². The van der Waals surface area contributed by atoms with Crippen LogP contribution in [0.3, 0.4) is 0 Å². The first-order chi connectivity index (χ1) is 20.1. The molecule has 42 heavy (non-hydrogen) atoms. The molecular weight excluding hydrogens is 530 g/mol. The van der Waals surface area contributed by atoms with E-state index in [1.165, 1.54) is 0 Å². The van der Waals surface area contributed by atoms with Gasteiger partial charge in [-0.2, -0.15) is 0 Å². The number of carbonyl (C=O) groups excluding carboxylic acids is 3. The van der Waals surface area contributed by atoms with Gasteiger partial charge in [0.25, 0.3) is 0 Å². The van der Waals surface area contributed by atoms with Crippen LogP contribution in [0.4, 0.5) is 0 Å². The minimum atomic E-state index is -1.10. The van der Waals surface area contributed by atoms with E-state index in [1.54, 1.807) is 22.0 Å². The molecule has 1 N–H and O–H groups in total. The van der Waals surface area contributed by atoms with Crippen LogP contribution in [-0.4, -0.2) is 87.1 Å². The van der Waals surface area contributed by atoms with E-state index in [9.17, 15) is 19.5 Å². The van der Waals surface area contributed by atoms with Crippen LogP contribution < -0.4 is 0 Å². The maximum atomic E-state index is 14.6. The molecule has 3 aliphatic heterocycles. The normalized spacial score (nSPS) is 30.2. The second-order valence-electron chi connectivity index (χ2n) is 12.6. The van der Waals surface area contributed by atoms with Gasteiger partial charge in [-0.25, -0.2) is 0 Å². The SMILES string of the molecule is C=CCN(Cc1ccccc1)C(=O)[C@H]1[C@H]2C(=O)N(CCCCO)C(C(=O)N(CC=C)C(C)CCC)C23CC(C)[C@]1(C)O3. The van der Waals surface area contributed by atoms with Crippen LogP contribution in [0, 0.1) is 17.8 Å². The minimum Gasteiger partial charge on any atom is -0.396 e. The maximum absolute atomic E-state index is 14.6. The van der Waals surface area contributed by atoms with Crippen LogP contribution >= 0.6 is 0 Å². The fraction of sp³-hybridized carbons (Fsp3) is 0.618. The zero-order valence-corrected chi connectivity index (χ0v) is 25.8. The van der Waals surface area contributed by atoms with Crippen molar-refractivity contribution in [1.82, 2.24) is 14.7 Å². The zero-order valence-electron chi connectivity index (χ0n) is 25.8. The lowest BCUT2D eigenvalue weighted by Gasteiger charge is -2.40. The van der Waals surface area contributed by atoms with Crippen LogP contribution in [0.15, 0.2) is 55.6 Å². The minimum absolute atomic E-state index is 0.00799. The molecule has 1 aromatic rings. The molecule has 3 saturated heterocycles. The van der Waals surface area contributed by atoms with Crippen LogP contribution in [0.1, 0.15) is 65.4 Å². The van der Waals surface area contributed by atoms with Gasteiger partial charge in [0.05, 0.1) is 17.4 Å². The summed E-state index contributed by atoms with van der Waals surface area (Å²) in [6, 6.07) is 8.92. The standard InChI is InChI=1S/C34H49N3O5/c1-7-15-25(5)36(19-9-3)32(41)29-34-22-24(4)33(6,42-34)27(28(34)31(40)37(29)20-13-14-21-38)30(39)35(18-8-2)23-26-16-11-10-12-17-26/h8-12,16-17,24-25,27-29,38H,2-3,7,13-15,18-23H2,1,4-6H3/t24?,25?,27-,28+,29?,33+,34?/m1/s1. The number of rotatable bonds is 15. The van der Waals surface area contributed by atoms with Crippen molar-refractivity contribution in [2.75, 3.05) is 26.2 Å². The third kappa shape index (κ3) is 5.44. The Morgan fingerprint density at radius 2 is 1.86 bits per heavy atom. The molecule has 4 unspecified atom stereocenters. The number of ether oxygens (including phenoxy) is 1. The lowest BCUT2D eigenvalue weighted by Crippen LogP contribution is -2.58. The topological polar surface area (TPSA) is 90.4 Å². The molecule has 3 aliphatic rings. The summed E-state index contributed by atoms with van der Waals surface area (Å²) in [5, 5.41) is 9.48. The predicted molar refractivity (Wildman–Crippen MR) is 163 cm³/mol. The highest BCUT2D eigenvalue weighted by atomic mass is 16.5. The van der Waals surface area contributed by atoms with Crippen molar-refractivity contribution >= 4 is 17.7 Å². The molecule has 0 aromatic heterocycles. The van der Waals surface area contributed by atoms with Crippen molar-refractivity contribution in [2.45, 2.75) is 89.6 Å². The highest BCUT2D eigenvalue weighted by molar-refractivity contribution is 5.99. The van der Waals surface area contributed by atoms with Gasteiger partial charge >= 0.3 is 0 Å². The summed E-state index contributed by atoms with van der Waals surface area (Å²) in [5.41, 5.74) is -0.993. The van der Waals surface area contributed by atoms with Gasteiger partial charge < -0.3 is 24.5 Å². The van der Waals surface area contributed by atoms with Crippen LogP contribution in [0.2, 0.25) is 0 Å². The number of nitrogens with zero attached hydrogens (tertiary/aromatic N) is 3. The number of hydrogen-bond acceptors (Lipinski definition) is 5. The average molecular weight is 580 g/mol. The van der Waals surface area contributed by atoms with Gasteiger partial charge in [0, 0.05) is 38.8 Å². The Kier molecular flexibility index (Phi) is 9.99. The lowest BCUT2D eigenvalue weighted by molar-refractivity contribution is -0.156. The van der Waals surface area contributed by atoms with E-state index in [-0.39, 0.29) is 36.3 Å². The molecule has 8 nitrogen and oxygen atoms in total. The smallest absolute Gasteiger partial charge is 0.248 e. The number of aliphatic hydroxyl groups is 1. The van der Waals surface area contributed by atoms with Gasteiger partial charge in [-0.3, -0.25) is 14.4 Å². The number of fused-ring (bicyclic) bond motifs is 1. The second kappa shape index (κ2) is 13.1. The van der Waals surface area contributed by atoms with Gasteiger partial charge in [0.1, 0.15) is 11.6 Å². The molecule has 0 saturated carbocycles. The Bertz CT molecular complexity index is 1160. The van der Waals surface area contributed by atoms with Crippen molar-refractivity contribution in [3.63, 3.8) is 0 Å². The predicted octanol–water partition coefficient (Wildman–Crippen LogP) is 4.19. The van der Waals surface area contributed by atoms with Gasteiger partial charge in [-0.15, -0.1) is 13.2 Å². The first kappa shape index (κ1) is 32.0. The highest BCUT2D eigenvalue weighted by Gasteiger charge is 2.80. The number of carbonyl (C=O) groups is 3. The van der Waals surface area contributed by atoms with E-state index in [0.29, 0.717) is 45.4 Å². The average Bonchev–Trinajstić information content (AvgIpc) is 3.48. The number of hydrogen-bond donors (Lipinski definition) is 1. The number of likely N-dealkylation sites (tertiary alicyclic amines) is 1. The Morgan fingerprint density at radius 3 is 2.48 bits per heavy atom. The summed E-state index contributed by atoms with van der Waals surface area (Å²) in [6.45, 7) is 17.4. The summed E-state index contributed by atoms with van der Waals surface area (Å²) in [4.78, 5) is 48.8. The number of aliphatic hydroxyl groups excluding tert-OH is 1. The van der Waals surface area contributed by atoms with Crippen molar-refractivity contribution in [3.05, 3.63) is 61.2 Å². The Morgan fingerprint density at radius 1 is 1.17 bits per heavy atom. The van der Waals surface area contributed by atoms with E-state index in [2.05, 4.69) is 27.0 Å². The molecule has 3 heterocycles. The Balaban J connectivity index is 1.78. The fourth-order valence-electron chi connectivity index (χ4n) is 7.77. The molecule has 1 aromatic carbocycles. The summed E-state index contributed by atoms with van der Waals surface area (Å²) in [6.07, 6.45) is 6.79. The van der Waals surface area contributed by atoms with Gasteiger partial charge in [-0.1, -0.05) is 62.8 Å². The molecule has 1 spiro atoms. The highest BCUT2D eigenvalue weighted by Crippen LogP contribution is 2.65. The van der Waals surface area contributed by atoms with E-state index < -0.39 is 29.1 Å². The first-order valence-corrected chi connectivity index (χ1v) is 15.6. The van der Waals surface area contributed by atoms with E-state index >= 15 is 0 Å². The number of amides is 3.